The number of para-hydroxylation sites is 2. The van der Waals surface area contributed by atoms with E-state index in [0.29, 0.717) is 0 Å². The highest BCUT2D eigenvalue weighted by Crippen LogP contribution is 2.34. The molecule has 4 rings (SSSR count). The first-order chi connectivity index (χ1) is 11.6. The zero-order chi connectivity index (χ0) is 16.7. The third-order valence-electron chi connectivity index (χ3n) is 3.56. The molecule has 24 heavy (non-hydrogen) atoms. The second kappa shape index (κ2) is 5.70. The number of amides is 2. The van der Waals surface area contributed by atoms with Crippen LogP contribution in [-0.2, 0) is 0 Å². The lowest BCUT2D eigenvalue weighted by molar-refractivity contribution is 0.224. The molecular weight excluding hydrogens is 322 g/mol. The van der Waals surface area contributed by atoms with Crippen LogP contribution in [0.5, 0.6) is 0 Å². The van der Waals surface area contributed by atoms with E-state index in [1.807, 2.05) is 42.5 Å². The number of anilines is 1. The van der Waals surface area contributed by atoms with Gasteiger partial charge in [0.15, 0.2) is 0 Å². The van der Waals surface area contributed by atoms with Gasteiger partial charge in [0.05, 0.1) is 11.0 Å². The monoisotopic (exact) mass is 337 g/mol. The van der Waals surface area contributed by atoms with E-state index in [4.69, 9.17) is 9.97 Å². The van der Waals surface area contributed by atoms with Crippen LogP contribution in [0.1, 0.15) is 0 Å². The molecule has 120 valence electrons. The lowest BCUT2D eigenvalue weighted by atomic mass is 10.2. The van der Waals surface area contributed by atoms with E-state index in [2.05, 4.69) is 10.7 Å². The number of carbonyl (C=O) groups excluding carboxylic acids is 1. The van der Waals surface area contributed by atoms with Gasteiger partial charge in [0.2, 0.25) is 0 Å². The van der Waals surface area contributed by atoms with Crippen molar-refractivity contribution in [2.24, 2.45) is 0 Å². The lowest BCUT2D eigenvalue weighted by Gasteiger charge is -2.12. The lowest BCUT2D eigenvalue weighted by Crippen LogP contribution is -2.39. The predicted octanol–water partition coefficient (Wildman–Crippen LogP) is 3.60. The van der Waals surface area contributed by atoms with E-state index in [-0.39, 0.29) is 6.03 Å². The summed E-state index contributed by atoms with van der Waals surface area (Å²) in [6.45, 7) is 0. The quantitative estimate of drug-likeness (QED) is 0.548. The molecule has 0 radical (unpaired) electrons. The van der Waals surface area contributed by atoms with Crippen LogP contribution in [0.3, 0.4) is 0 Å². The zero-order valence-electron chi connectivity index (χ0n) is 13.2. The number of hydrogen-bond donors (Lipinski definition) is 2. The molecule has 2 aromatic heterocycles. The van der Waals surface area contributed by atoms with Crippen molar-refractivity contribution < 1.29 is 4.79 Å². The van der Waals surface area contributed by atoms with Crippen molar-refractivity contribution in [3.63, 3.8) is 0 Å². The van der Waals surface area contributed by atoms with Gasteiger partial charge in [-0.1, -0.05) is 12.1 Å². The maximum atomic E-state index is 11.8. The zero-order valence-corrected chi connectivity index (χ0v) is 14.0. The molecule has 2 aromatic carbocycles. The predicted molar refractivity (Wildman–Crippen MR) is 98.3 cm³/mol. The first-order valence-electron chi connectivity index (χ1n) is 7.44. The molecule has 0 spiro atoms. The number of thiophene rings is 1. The Morgan fingerprint density at radius 3 is 2.58 bits per heavy atom. The SMILES string of the molecule is CN(C)NC(=O)Nc1ccc2sc3nc4ccccc4nc3c2c1. The van der Waals surface area contributed by atoms with Gasteiger partial charge in [-0.15, -0.1) is 11.3 Å². The highest BCUT2D eigenvalue weighted by atomic mass is 32.1. The van der Waals surface area contributed by atoms with Gasteiger partial charge in [0.25, 0.3) is 0 Å². The summed E-state index contributed by atoms with van der Waals surface area (Å²) in [6, 6.07) is 13.4. The fraction of sp³-hybridized carbons (Fsp3) is 0.118. The number of nitrogens with one attached hydrogen (secondary N) is 2. The molecule has 0 bridgehead atoms. The Hall–Kier alpha value is -2.77. The van der Waals surface area contributed by atoms with E-state index >= 15 is 0 Å². The normalized spacial score (nSPS) is 11.5. The summed E-state index contributed by atoms with van der Waals surface area (Å²) in [4.78, 5) is 22.2. The van der Waals surface area contributed by atoms with Crippen molar-refractivity contribution in [1.82, 2.24) is 20.4 Å². The number of hydrogen-bond acceptors (Lipinski definition) is 5. The van der Waals surface area contributed by atoms with Gasteiger partial charge >= 0.3 is 6.03 Å². The Balaban J connectivity index is 1.81. The number of aromatic nitrogens is 2. The summed E-state index contributed by atoms with van der Waals surface area (Å²) in [5.74, 6) is 0. The van der Waals surface area contributed by atoms with Crippen LogP contribution in [-0.4, -0.2) is 35.1 Å². The molecule has 2 amide bonds. The Labute approximate surface area is 142 Å². The molecule has 0 saturated heterocycles. The Morgan fingerprint density at radius 1 is 1.08 bits per heavy atom. The Kier molecular flexibility index (Phi) is 3.51. The summed E-state index contributed by atoms with van der Waals surface area (Å²) in [5, 5.41) is 5.41. The van der Waals surface area contributed by atoms with Crippen LogP contribution in [0.4, 0.5) is 10.5 Å². The van der Waals surface area contributed by atoms with Crippen molar-refractivity contribution in [2.75, 3.05) is 19.4 Å². The average molecular weight is 337 g/mol. The number of fused-ring (bicyclic) bond motifs is 4. The molecular formula is C17H15N5OS. The van der Waals surface area contributed by atoms with Gasteiger partial charge in [0.1, 0.15) is 10.3 Å². The number of urea groups is 1. The summed E-state index contributed by atoms with van der Waals surface area (Å²) in [6.07, 6.45) is 0. The Morgan fingerprint density at radius 2 is 1.83 bits per heavy atom. The largest absolute Gasteiger partial charge is 0.333 e. The topological polar surface area (TPSA) is 70.2 Å². The van der Waals surface area contributed by atoms with Gasteiger partial charge in [0, 0.05) is 29.9 Å². The highest BCUT2D eigenvalue weighted by molar-refractivity contribution is 7.25. The van der Waals surface area contributed by atoms with Gasteiger partial charge in [-0.05, 0) is 30.3 Å². The van der Waals surface area contributed by atoms with Crippen molar-refractivity contribution in [2.45, 2.75) is 0 Å². The van der Waals surface area contributed by atoms with E-state index in [0.717, 1.165) is 37.2 Å². The summed E-state index contributed by atoms with van der Waals surface area (Å²) < 4.78 is 1.10. The molecule has 2 N–H and O–H groups in total. The molecule has 0 unspecified atom stereocenters. The van der Waals surface area contributed by atoms with Crippen molar-refractivity contribution >= 4 is 54.5 Å². The smallest absolute Gasteiger partial charge is 0.307 e. The minimum Gasteiger partial charge on any atom is -0.307 e. The summed E-state index contributed by atoms with van der Waals surface area (Å²) >= 11 is 1.60. The van der Waals surface area contributed by atoms with E-state index in [1.165, 1.54) is 0 Å². The fourth-order valence-electron chi connectivity index (χ4n) is 2.58. The molecule has 0 atom stereocenters. The molecule has 0 aliphatic heterocycles. The maximum Gasteiger partial charge on any atom is 0.333 e. The van der Waals surface area contributed by atoms with Gasteiger partial charge in [-0.3, -0.25) is 5.43 Å². The van der Waals surface area contributed by atoms with Gasteiger partial charge in [-0.2, -0.15) is 0 Å². The molecule has 6 nitrogen and oxygen atoms in total. The number of nitrogens with zero attached hydrogens (tertiary/aromatic N) is 3. The molecule has 0 fully saturated rings. The molecule has 0 saturated carbocycles. The van der Waals surface area contributed by atoms with Crippen LogP contribution < -0.4 is 10.7 Å². The third kappa shape index (κ3) is 2.64. The standard InChI is InChI=1S/C17H15N5OS/c1-22(2)21-17(23)18-10-7-8-14-11(9-10)15-16(24-14)20-13-6-4-3-5-12(13)19-15/h3-9H,1-2H3,(H2,18,21,23). The fourth-order valence-corrected chi connectivity index (χ4v) is 3.58. The van der Waals surface area contributed by atoms with Crippen molar-refractivity contribution in [1.29, 1.82) is 0 Å². The van der Waals surface area contributed by atoms with Crippen LogP contribution in [0.25, 0.3) is 31.5 Å². The molecule has 4 aromatic rings. The average Bonchev–Trinajstić information content (AvgIpc) is 2.89. The number of carbonyl (C=O) groups is 1. The molecule has 0 aliphatic carbocycles. The van der Waals surface area contributed by atoms with E-state index < -0.39 is 0 Å². The van der Waals surface area contributed by atoms with Crippen molar-refractivity contribution in [3.05, 3.63) is 42.5 Å². The van der Waals surface area contributed by atoms with E-state index in [9.17, 15) is 4.79 Å². The van der Waals surface area contributed by atoms with Gasteiger partial charge in [-0.25, -0.2) is 19.8 Å². The molecule has 0 aliphatic rings. The second-order valence-corrected chi connectivity index (χ2v) is 6.67. The number of hydrazine groups is 1. The number of rotatable bonds is 2. The van der Waals surface area contributed by atoms with Crippen LogP contribution in [0, 0.1) is 0 Å². The van der Waals surface area contributed by atoms with Crippen molar-refractivity contribution in [3.8, 4) is 0 Å². The molecule has 2 heterocycles. The Bertz CT molecular complexity index is 1070. The third-order valence-corrected chi connectivity index (χ3v) is 4.62. The van der Waals surface area contributed by atoms with Crippen LogP contribution in [0.15, 0.2) is 42.5 Å². The minimum atomic E-state index is -0.282. The highest BCUT2D eigenvalue weighted by Gasteiger charge is 2.11. The molecule has 7 heteroatoms. The van der Waals surface area contributed by atoms with E-state index in [1.54, 1.807) is 30.4 Å². The number of benzene rings is 2. The maximum absolute atomic E-state index is 11.8. The second-order valence-electron chi connectivity index (χ2n) is 5.64. The van der Waals surface area contributed by atoms with Crippen LogP contribution >= 0.6 is 11.3 Å². The summed E-state index contributed by atoms with van der Waals surface area (Å²) in [5.41, 5.74) is 6.00. The summed E-state index contributed by atoms with van der Waals surface area (Å²) in [7, 11) is 3.52. The van der Waals surface area contributed by atoms with Gasteiger partial charge < -0.3 is 5.32 Å². The van der Waals surface area contributed by atoms with Crippen LogP contribution in [0.2, 0.25) is 0 Å². The first-order valence-corrected chi connectivity index (χ1v) is 8.26. The first kappa shape index (κ1) is 14.8. The minimum absolute atomic E-state index is 0.282.